The predicted molar refractivity (Wildman–Crippen MR) is 203 cm³/mol. The molecule has 0 aliphatic heterocycles. The largest absolute Gasteiger partial charge is 0.444 e. The third-order valence-electron chi connectivity index (χ3n) is 6.43. The Balaban J connectivity index is 0.000000200. The van der Waals surface area contributed by atoms with Crippen LogP contribution in [0.4, 0.5) is 22.1 Å². The normalized spacial score (nSPS) is 10.7. The van der Waals surface area contributed by atoms with Gasteiger partial charge in [0.05, 0.1) is 16.0 Å². The highest BCUT2D eigenvalue weighted by molar-refractivity contribution is 9.10. The number of rotatable bonds is 6. The molecule has 0 aliphatic carbocycles. The Labute approximate surface area is 310 Å². The highest BCUT2D eigenvalue weighted by Gasteiger charge is 2.15. The smallest absolute Gasteiger partial charge is 0.407 e. The highest BCUT2D eigenvalue weighted by atomic mass is 79.9. The number of amides is 1. The maximum absolute atomic E-state index is 11.8. The van der Waals surface area contributed by atoms with Crippen molar-refractivity contribution in [1.82, 2.24) is 25.3 Å². The van der Waals surface area contributed by atoms with E-state index in [2.05, 4.69) is 62.4 Å². The summed E-state index contributed by atoms with van der Waals surface area (Å²) in [6.07, 6.45) is 3.04. The van der Waals surface area contributed by atoms with Crippen molar-refractivity contribution in [2.24, 2.45) is 5.73 Å². The zero-order chi connectivity index (χ0) is 36.3. The summed E-state index contributed by atoms with van der Waals surface area (Å²) < 4.78 is 7.25. The fourth-order valence-electron chi connectivity index (χ4n) is 4.22. The highest BCUT2D eigenvalue weighted by Crippen LogP contribution is 2.21. The summed E-state index contributed by atoms with van der Waals surface area (Å²) in [7, 11) is 0. The molecule has 258 valence electrons. The van der Waals surface area contributed by atoms with Gasteiger partial charge < -0.3 is 21.1 Å². The van der Waals surface area contributed by atoms with Gasteiger partial charge in [0.15, 0.2) is 0 Å². The molecule has 50 heavy (non-hydrogen) atoms. The maximum atomic E-state index is 11.8. The Hall–Kier alpha value is -4.76. The van der Waals surface area contributed by atoms with Crippen molar-refractivity contribution in [3.05, 3.63) is 133 Å². The number of nitro benzene ring substituents is 1. The van der Waals surface area contributed by atoms with E-state index in [4.69, 9.17) is 22.1 Å². The van der Waals surface area contributed by atoms with Gasteiger partial charge >= 0.3 is 6.09 Å². The van der Waals surface area contributed by atoms with Gasteiger partial charge in [-0.05, 0) is 92.0 Å². The van der Waals surface area contributed by atoms with E-state index in [1.807, 2.05) is 81.4 Å². The molecule has 2 aromatic heterocycles. The summed E-state index contributed by atoms with van der Waals surface area (Å²) in [6, 6.07) is 25.6. The maximum Gasteiger partial charge on any atom is 0.407 e. The number of fused-ring (bicyclic) bond motifs is 2. The minimum absolute atomic E-state index is 0.0907. The molecule has 0 bridgehead atoms. The van der Waals surface area contributed by atoms with Crippen LogP contribution in [0, 0.1) is 10.1 Å². The molecule has 0 spiro atoms. The zero-order valence-electron chi connectivity index (χ0n) is 27.2. The molecular formula is C35H33Br2ClN8O4. The number of benzene rings is 4. The molecule has 0 saturated carbocycles. The van der Waals surface area contributed by atoms with Crippen molar-refractivity contribution in [2.75, 3.05) is 5.32 Å². The lowest BCUT2D eigenvalue weighted by Crippen LogP contribution is -2.32. The van der Waals surface area contributed by atoms with Gasteiger partial charge in [0.1, 0.15) is 5.60 Å². The average Bonchev–Trinajstić information content (AvgIpc) is 3.07. The number of halogens is 3. The summed E-state index contributed by atoms with van der Waals surface area (Å²) in [5.74, 6) is 0.516. The molecule has 15 heteroatoms. The van der Waals surface area contributed by atoms with Crippen molar-refractivity contribution < 1.29 is 14.5 Å². The molecule has 12 nitrogen and oxygen atoms in total. The Morgan fingerprint density at radius 1 is 0.880 bits per heavy atom. The standard InChI is InChI=1S/C20H21BrN4O2.C8H4BrClN2.C7H8N2O2/c1-20(2,3)27-19(26)23-11-13-5-4-6-16(9-13)24-18-22-12-14-10-15(21)7-8-17(14)25-18;9-6-1-2-7-5(3-6)4-11-8(10)12-7;8-5-6-2-1-3-7(4-6)9(10)11/h4-10,12H,11H2,1-3H3,(H,23,26)(H,22,24,25);1-4H;1-4H,5,8H2. The quantitative estimate of drug-likeness (QED) is 0.0836. The number of nitrogens with two attached hydrogens (primary N) is 1. The molecule has 0 aliphatic rings. The second-order valence-electron chi connectivity index (χ2n) is 11.6. The van der Waals surface area contributed by atoms with Gasteiger partial charge in [-0.15, -0.1) is 0 Å². The Bertz CT molecular complexity index is 2070. The summed E-state index contributed by atoms with van der Waals surface area (Å²) in [5, 5.41) is 18.4. The number of aromatic nitrogens is 4. The van der Waals surface area contributed by atoms with E-state index in [0.717, 1.165) is 47.6 Å². The number of nitrogens with zero attached hydrogens (tertiary/aromatic N) is 5. The lowest BCUT2D eigenvalue weighted by atomic mass is 10.2. The van der Waals surface area contributed by atoms with Crippen molar-refractivity contribution in [1.29, 1.82) is 0 Å². The minimum Gasteiger partial charge on any atom is -0.444 e. The Morgan fingerprint density at radius 2 is 1.50 bits per heavy atom. The molecule has 6 rings (SSSR count). The molecule has 4 aromatic carbocycles. The van der Waals surface area contributed by atoms with Crippen molar-refractivity contribution in [3.8, 4) is 0 Å². The topological polar surface area (TPSA) is 171 Å². The molecule has 4 N–H and O–H groups in total. The molecule has 0 radical (unpaired) electrons. The second-order valence-corrected chi connectivity index (χ2v) is 13.7. The van der Waals surface area contributed by atoms with Crippen LogP contribution < -0.4 is 16.4 Å². The first-order valence-electron chi connectivity index (χ1n) is 15.0. The molecule has 0 atom stereocenters. The average molecular weight is 825 g/mol. The van der Waals surface area contributed by atoms with Gasteiger partial charge in [0, 0.05) is 63.0 Å². The number of carbonyl (C=O) groups is 1. The minimum atomic E-state index is -0.517. The van der Waals surface area contributed by atoms with E-state index in [-0.39, 0.29) is 11.0 Å². The van der Waals surface area contributed by atoms with E-state index in [1.165, 1.54) is 12.1 Å². The third-order valence-corrected chi connectivity index (χ3v) is 7.60. The molecule has 0 unspecified atom stereocenters. The Morgan fingerprint density at radius 3 is 2.14 bits per heavy atom. The van der Waals surface area contributed by atoms with Crippen molar-refractivity contribution >= 4 is 88.7 Å². The summed E-state index contributed by atoms with van der Waals surface area (Å²) in [6.45, 7) is 6.21. The Kier molecular flexibility index (Phi) is 13.5. The molecule has 2 heterocycles. The van der Waals surface area contributed by atoms with Crippen LogP contribution in [0.1, 0.15) is 31.9 Å². The summed E-state index contributed by atoms with van der Waals surface area (Å²) >= 11 is 12.4. The fraction of sp³-hybridized carbons (Fsp3) is 0.171. The number of anilines is 2. The van der Waals surface area contributed by atoms with Crippen LogP contribution in [0.25, 0.3) is 21.8 Å². The lowest BCUT2D eigenvalue weighted by molar-refractivity contribution is -0.384. The monoisotopic (exact) mass is 822 g/mol. The van der Waals surface area contributed by atoms with E-state index >= 15 is 0 Å². The van der Waals surface area contributed by atoms with Crippen molar-refractivity contribution in [3.63, 3.8) is 0 Å². The number of ether oxygens (including phenoxy) is 1. The van der Waals surface area contributed by atoms with Gasteiger partial charge in [-0.3, -0.25) is 10.1 Å². The van der Waals surface area contributed by atoms with E-state index in [1.54, 1.807) is 24.5 Å². The van der Waals surface area contributed by atoms with E-state index in [9.17, 15) is 14.9 Å². The molecule has 6 aromatic rings. The van der Waals surface area contributed by atoms with E-state index < -0.39 is 16.6 Å². The first kappa shape index (κ1) is 38.0. The summed E-state index contributed by atoms with van der Waals surface area (Å²) in [5.41, 5.74) is 9.15. The number of non-ortho nitro benzene ring substituents is 1. The number of nitrogens with one attached hydrogen (secondary N) is 2. The van der Waals surface area contributed by atoms with Crippen LogP contribution in [0.2, 0.25) is 5.28 Å². The molecule has 0 fully saturated rings. The molecule has 1 amide bonds. The van der Waals surface area contributed by atoms with Crippen LogP contribution in [0.5, 0.6) is 0 Å². The first-order valence-corrected chi connectivity index (χ1v) is 17.0. The number of alkyl carbamates (subject to hydrolysis) is 1. The van der Waals surface area contributed by atoms with Crippen LogP contribution >= 0.6 is 43.5 Å². The molecular weight excluding hydrogens is 792 g/mol. The SMILES string of the molecule is CC(C)(C)OC(=O)NCc1cccc(Nc2ncc3cc(Br)ccc3n2)c1.Clc1ncc2cc(Br)ccc2n1.NCc1cccc([N+](=O)[O-])c1. The second kappa shape index (κ2) is 17.8. The first-order chi connectivity index (χ1) is 23.8. The number of hydrogen-bond acceptors (Lipinski definition) is 10. The van der Waals surface area contributed by atoms with E-state index in [0.29, 0.717) is 19.0 Å². The molecule has 0 saturated heterocycles. The van der Waals surface area contributed by atoms with Gasteiger partial charge in [0.25, 0.3) is 5.69 Å². The zero-order valence-corrected chi connectivity index (χ0v) is 31.2. The van der Waals surface area contributed by atoms with Gasteiger partial charge in [-0.1, -0.05) is 56.1 Å². The fourth-order valence-corrected chi connectivity index (χ4v) is 5.12. The van der Waals surface area contributed by atoms with Gasteiger partial charge in [-0.2, -0.15) is 0 Å². The summed E-state index contributed by atoms with van der Waals surface area (Å²) in [4.78, 5) is 38.4. The van der Waals surface area contributed by atoms with Crippen LogP contribution in [-0.2, 0) is 17.8 Å². The van der Waals surface area contributed by atoms with Crippen LogP contribution in [-0.4, -0.2) is 36.6 Å². The van der Waals surface area contributed by atoms with Gasteiger partial charge in [-0.25, -0.2) is 24.7 Å². The predicted octanol–water partition coefficient (Wildman–Crippen LogP) is 9.26. The van der Waals surface area contributed by atoms with Crippen molar-refractivity contribution in [2.45, 2.75) is 39.5 Å². The van der Waals surface area contributed by atoms with Crippen LogP contribution in [0.3, 0.4) is 0 Å². The van der Waals surface area contributed by atoms with Gasteiger partial charge in [0.2, 0.25) is 11.2 Å². The lowest BCUT2D eigenvalue weighted by Gasteiger charge is -2.19. The third kappa shape index (κ3) is 12.3. The number of nitro groups is 1. The number of carbonyl (C=O) groups excluding carboxylic acids is 1. The van der Waals surface area contributed by atoms with Crippen LogP contribution in [0.15, 0.2) is 106 Å². The number of hydrogen-bond donors (Lipinski definition) is 3.